The maximum atomic E-state index is 11.8. The number of hydrogen-bond donors (Lipinski definition) is 2. The fourth-order valence-electron chi connectivity index (χ4n) is 2.44. The molecule has 4 nitrogen and oxygen atoms in total. The molecule has 0 unspecified atom stereocenters. The van der Waals surface area contributed by atoms with Crippen molar-refractivity contribution in [2.24, 2.45) is 5.92 Å². The van der Waals surface area contributed by atoms with Gasteiger partial charge in [0.15, 0.2) is 0 Å². The first-order chi connectivity index (χ1) is 8.40. The summed E-state index contributed by atoms with van der Waals surface area (Å²) in [6, 6.07) is 0. The number of halogens is 1. The molecule has 114 valence electrons. The third kappa shape index (κ3) is 8.45. The molecule has 1 rings (SSSR count). The molecular formula is C14H30ClN3O. The maximum Gasteiger partial charge on any atom is 0.234 e. The van der Waals surface area contributed by atoms with Crippen molar-refractivity contribution < 1.29 is 4.79 Å². The van der Waals surface area contributed by atoms with Gasteiger partial charge in [0.25, 0.3) is 0 Å². The van der Waals surface area contributed by atoms with Crippen molar-refractivity contribution in [1.29, 1.82) is 0 Å². The van der Waals surface area contributed by atoms with Gasteiger partial charge in [-0.3, -0.25) is 9.69 Å². The summed E-state index contributed by atoms with van der Waals surface area (Å²) in [5, 5.41) is 6.23. The van der Waals surface area contributed by atoms with Crippen LogP contribution in [0.1, 0.15) is 40.0 Å². The van der Waals surface area contributed by atoms with Crippen LogP contribution in [-0.4, -0.2) is 49.6 Å². The quantitative estimate of drug-likeness (QED) is 0.809. The van der Waals surface area contributed by atoms with Crippen LogP contribution in [0, 0.1) is 5.92 Å². The number of rotatable bonds is 5. The van der Waals surface area contributed by atoms with Crippen LogP contribution in [0.2, 0.25) is 0 Å². The Morgan fingerprint density at radius 2 is 1.84 bits per heavy atom. The standard InChI is InChI=1S/C14H29N3O.ClH/c1-14(2,3)16-13(18)11-17-9-6-12(7-10-17)5-8-15-4;/h12,15H,5-11H2,1-4H3,(H,16,18);1H. The zero-order valence-electron chi connectivity index (χ0n) is 12.8. The predicted molar refractivity (Wildman–Crippen MR) is 82.9 cm³/mol. The molecule has 5 heteroatoms. The second kappa shape index (κ2) is 8.77. The summed E-state index contributed by atoms with van der Waals surface area (Å²) in [7, 11) is 2.01. The van der Waals surface area contributed by atoms with E-state index in [1.165, 1.54) is 19.3 Å². The highest BCUT2D eigenvalue weighted by molar-refractivity contribution is 5.85. The Morgan fingerprint density at radius 3 is 2.32 bits per heavy atom. The number of piperidine rings is 1. The first-order valence-corrected chi connectivity index (χ1v) is 7.08. The topological polar surface area (TPSA) is 44.4 Å². The molecule has 0 spiro atoms. The minimum atomic E-state index is -0.123. The van der Waals surface area contributed by atoms with Crippen LogP contribution in [0.4, 0.5) is 0 Å². The van der Waals surface area contributed by atoms with Crippen molar-refractivity contribution in [3.8, 4) is 0 Å². The van der Waals surface area contributed by atoms with Crippen LogP contribution in [0.15, 0.2) is 0 Å². The summed E-state index contributed by atoms with van der Waals surface area (Å²) in [6.45, 7) is 9.85. The lowest BCUT2D eigenvalue weighted by Gasteiger charge is -2.32. The summed E-state index contributed by atoms with van der Waals surface area (Å²) in [5.41, 5.74) is -0.123. The Hall–Kier alpha value is -0.320. The summed E-state index contributed by atoms with van der Waals surface area (Å²) in [5.74, 6) is 0.982. The number of nitrogens with zero attached hydrogens (tertiary/aromatic N) is 1. The number of hydrogen-bond acceptors (Lipinski definition) is 3. The normalized spacial score (nSPS) is 17.9. The van der Waals surface area contributed by atoms with E-state index in [0.29, 0.717) is 6.54 Å². The summed E-state index contributed by atoms with van der Waals surface area (Å²) < 4.78 is 0. The van der Waals surface area contributed by atoms with Crippen LogP contribution in [0.3, 0.4) is 0 Å². The Bertz CT molecular complexity index is 258. The molecule has 1 heterocycles. The fourth-order valence-corrected chi connectivity index (χ4v) is 2.44. The number of carbonyl (C=O) groups excluding carboxylic acids is 1. The molecule has 0 atom stereocenters. The van der Waals surface area contributed by atoms with Crippen molar-refractivity contribution in [2.75, 3.05) is 33.2 Å². The minimum Gasteiger partial charge on any atom is -0.350 e. The largest absolute Gasteiger partial charge is 0.350 e. The van der Waals surface area contributed by atoms with Crippen molar-refractivity contribution in [2.45, 2.75) is 45.6 Å². The number of carbonyl (C=O) groups is 1. The van der Waals surface area contributed by atoms with E-state index in [2.05, 4.69) is 15.5 Å². The monoisotopic (exact) mass is 291 g/mol. The molecule has 1 aliphatic heterocycles. The van der Waals surface area contributed by atoms with Gasteiger partial charge in [0.1, 0.15) is 0 Å². The number of likely N-dealkylation sites (tertiary alicyclic amines) is 1. The molecule has 0 saturated carbocycles. The van der Waals surface area contributed by atoms with Crippen LogP contribution in [0.25, 0.3) is 0 Å². The van der Waals surface area contributed by atoms with Gasteiger partial charge in [0, 0.05) is 5.54 Å². The Labute approximate surface area is 124 Å². The first kappa shape index (κ1) is 18.7. The highest BCUT2D eigenvalue weighted by Crippen LogP contribution is 2.19. The summed E-state index contributed by atoms with van der Waals surface area (Å²) in [4.78, 5) is 14.1. The van der Waals surface area contributed by atoms with E-state index in [-0.39, 0.29) is 23.9 Å². The Kier molecular flexibility index (Phi) is 8.62. The molecule has 0 aliphatic carbocycles. The average Bonchev–Trinajstić information content (AvgIpc) is 2.25. The molecule has 2 N–H and O–H groups in total. The molecule has 0 aromatic heterocycles. The third-order valence-corrected chi connectivity index (χ3v) is 3.39. The molecule has 1 saturated heterocycles. The lowest BCUT2D eigenvalue weighted by atomic mass is 9.93. The van der Waals surface area contributed by atoms with Crippen LogP contribution < -0.4 is 10.6 Å². The zero-order chi connectivity index (χ0) is 13.6. The van der Waals surface area contributed by atoms with Crippen molar-refractivity contribution in [1.82, 2.24) is 15.5 Å². The summed E-state index contributed by atoms with van der Waals surface area (Å²) in [6.07, 6.45) is 3.72. The van der Waals surface area contributed by atoms with Crippen molar-refractivity contribution in [3.63, 3.8) is 0 Å². The van der Waals surface area contributed by atoms with Gasteiger partial charge >= 0.3 is 0 Å². The van der Waals surface area contributed by atoms with Gasteiger partial charge in [-0.05, 0) is 72.6 Å². The lowest BCUT2D eigenvalue weighted by molar-refractivity contribution is -0.124. The number of nitrogens with one attached hydrogen (secondary N) is 2. The van der Waals surface area contributed by atoms with E-state index in [9.17, 15) is 4.79 Å². The van der Waals surface area contributed by atoms with Gasteiger partial charge in [0.2, 0.25) is 5.91 Å². The van der Waals surface area contributed by atoms with E-state index in [1.54, 1.807) is 0 Å². The third-order valence-electron chi connectivity index (χ3n) is 3.39. The summed E-state index contributed by atoms with van der Waals surface area (Å²) >= 11 is 0. The molecule has 0 aromatic carbocycles. The average molecular weight is 292 g/mol. The molecule has 0 bridgehead atoms. The molecule has 19 heavy (non-hydrogen) atoms. The molecular weight excluding hydrogens is 262 g/mol. The number of amides is 1. The molecule has 0 radical (unpaired) electrons. The molecule has 1 amide bonds. The highest BCUT2D eigenvalue weighted by Gasteiger charge is 2.21. The van der Waals surface area contributed by atoms with Crippen molar-refractivity contribution >= 4 is 18.3 Å². The molecule has 1 aliphatic rings. The minimum absolute atomic E-state index is 0. The van der Waals surface area contributed by atoms with Gasteiger partial charge in [-0.1, -0.05) is 0 Å². The Balaban J connectivity index is 0.00000324. The van der Waals surface area contributed by atoms with E-state index >= 15 is 0 Å². The van der Waals surface area contributed by atoms with Gasteiger partial charge in [-0.2, -0.15) is 0 Å². The van der Waals surface area contributed by atoms with Crippen molar-refractivity contribution in [3.05, 3.63) is 0 Å². The van der Waals surface area contributed by atoms with Crippen LogP contribution in [-0.2, 0) is 4.79 Å². The molecule has 0 aromatic rings. The fraction of sp³-hybridized carbons (Fsp3) is 0.929. The zero-order valence-corrected chi connectivity index (χ0v) is 13.6. The second-order valence-electron chi connectivity index (χ2n) is 6.41. The first-order valence-electron chi connectivity index (χ1n) is 7.08. The van der Waals surface area contributed by atoms with Gasteiger partial charge < -0.3 is 10.6 Å². The van der Waals surface area contributed by atoms with Gasteiger partial charge in [-0.25, -0.2) is 0 Å². The van der Waals surface area contributed by atoms with Crippen LogP contribution in [0.5, 0.6) is 0 Å². The predicted octanol–water partition coefficient (Wildman–Crippen LogP) is 1.64. The van der Waals surface area contributed by atoms with Gasteiger partial charge in [0.05, 0.1) is 6.54 Å². The van der Waals surface area contributed by atoms with Gasteiger partial charge in [-0.15, -0.1) is 12.4 Å². The Morgan fingerprint density at radius 1 is 1.26 bits per heavy atom. The second-order valence-corrected chi connectivity index (χ2v) is 6.41. The molecule has 1 fully saturated rings. The lowest BCUT2D eigenvalue weighted by Crippen LogP contribution is -2.47. The highest BCUT2D eigenvalue weighted by atomic mass is 35.5. The smallest absolute Gasteiger partial charge is 0.234 e. The van der Waals surface area contributed by atoms with E-state index in [1.807, 2.05) is 27.8 Å². The maximum absolute atomic E-state index is 11.8. The van der Waals surface area contributed by atoms with Crippen LogP contribution >= 0.6 is 12.4 Å². The van der Waals surface area contributed by atoms with E-state index < -0.39 is 0 Å². The SMILES string of the molecule is CNCCC1CCN(CC(=O)NC(C)(C)C)CC1.Cl. The van der Waals surface area contributed by atoms with E-state index in [4.69, 9.17) is 0 Å². The van der Waals surface area contributed by atoms with E-state index in [0.717, 1.165) is 25.6 Å².